The van der Waals surface area contributed by atoms with Crippen LogP contribution in [0.2, 0.25) is 0 Å². The predicted octanol–water partition coefficient (Wildman–Crippen LogP) is 1.52. The van der Waals surface area contributed by atoms with E-state index in [4.69, 9.17) is 4.74 Å². The van der Waals surface area contributed by atoms with Gasteiger partial charge < -0.3 is 10.1 Å². The molecule has 3 aromatic heterocycles. The first kappa shape index (κ1) is 15.9. The van der Waals surface area contributed by atoms with Gasteiger partial charge in [-0.25, -0.2) is 4.68 Å². The molecular formula is C16H16N6O2S. The summed E-state index contributed by atoms with van der Waals surface area (Å²) in [4.78, 5) is 16.4. The molecular weight excluding hydrogens is 340 g/mol. The molecule has 4 heterocycles. The zero-order valence-corrected chi connectivity index (χ0v) is 14.3. The van der Waals surface area contributed by atoms with Crippen molar-refractivity contribution in [1.82, 2.24) is 25.0 Å². The van der Waals surface area contributed by atoms with Crippen molar-refractivity contribution in [2.24, 2.45) is 0 Å². The third kappa shape index (κ3) is 3.28. The molecule has 0 radical (unpaired) electrons. The highest BCUT2D eigenvalue weighted by Crippen LogP contribution is 2.24. The van der Waals surface area contributed by atoms with Gasteiger partial charge >= 0.3 is 0 Å². The van der Waals surface area contributed by atoms with E-state index in [1.807, 2.05) is 19.1 Å². The van der Waals surface area contributed by atoms with E-state index in [1.165, 1.54) is 22.1 Å². The second-order valence-electron chi connectivity index (χ2n) is 5.72. The summed E-state index contributed by atoms with van der Waals surface area (Å²) in [5.74, 6) is 0. The molecule has 2 unspecified atom stereocenters. The Hall–Kier alpha value is -2.65. The van der Waals surface area contributed by atoms with Gasteiger partial charge in [-0.2, -0.15) is 5.10 Å². The molecule has 1 aliphatic heterocycles. The van der Waals surface area contributed by atoms with Crippen molar-refractivity contribution < 1.29 is 4.74 Å². The number of nitrogens with zero attached hydrogens (tertiary/aromatic N) is 5. The summed E-state index contributed by atoms with van der Waals surface area (Å²) >= 11 is 1.47. The van der Waals surface area contributed by atoms with Gasteiger partial charge in [-0.15, -0.1) is 10.2 Å². The van der Waals surface area contributed by atoms with Crippen molar-refractivity contribution in [3.05, 3.63) is 52.0 Å². The minimum atomic E-state index is -0.210. The predicted molar refractivity (Wildman–Crippen MR) is 93.6 cm³/mol. The largest absolute Gasteiger partial charge is 0.377 e. The molecule has 0 amide bonds. The average Bonchev–Trinajstić information content (AvgIpc) is 3.25. The molecule has 0 spiro atoms. The molecule has 0 aromatic carbocycles. The Bertz CT molecular complexity index is 926. The number of aryl methyl sites for hydroxylation is 1. The minimum Gasteiger partial charge on any atom is -0.377 e. The highest BCUT2D eigenvalue weighted by Gasteiger charge is 2.32. The number of hydrogen-bond acceptors (Lipinski definition) is 8. The summed E-state index contributed by atoms with van der Waals surface area (Å²) in [6.45, 7) is 2.80. The van der Waals surface area contributed by atoms with E-state index in [9.17, 15) is 4.79 Å². The van der Waals surface area contributed by atoms with E-state index in [0.717, 1.165) is 21.4 Å². The summed E-state index contributed by atoms with van der Waals surface area (Å²) in [6, 6.07) is 6.68. The molecule has 25 heavy (non-hydrogen) atoms. The lowest BCUT2D eigenvalue weighted by Gasteiger charge is -2.20. The third-order valence-corrected chi connectivity index (χ3v) is 4.77. The molecule has 128 valence electrons. The van der Waals surface area contributed by atoms with Crippen LogP contribution in [0.4, 0.5) is 5.13 Å². The monoisotopic (exact) mass is 356 g/mol. The Kier molecular flexibility index (Phi) is 4.24. The Morgan fingerprint density at radius 1 is 1.20 bits per heavy atom. The van der Waals surface area contributed by atoms with Crippen molar-refractivity contribution >= 4 is 16.5 Å². The highest BCUT2D eigenvalue weighted by atomic mass is 32.1. The number of ether oxygens (including phenoxy) is 1. The number of anilines is 1. The lowest BCUT2D eigenvalue weighted by molar-refractivity contribution is 0.183. The fourth-order valence-corrected chi connectivity index (χ4v) is 3.43. The van der Waals surface area contributed by atoms with E-state index in [2.05, 4.69) is 25.6 Å². The van der Waals surface area contributed by atoms with Crippen LogP contribution >= 0.6 is 11.3 Å². The van der Waals surface area contributed by atoms with Gasteiger partial charge in [0, 0.05) is 24.0 Å². The summed E-state index contributed by atoms with van der Waals surface area (Å²) in [6.07, 6.45) is 3.40. The van der Waals surface area contributed by atoms with E-state index < -0.39 is 0 Å². The first-order valence-electron chi connectivity index (χ1n) is 7.85. The Balaban J connectivity index is 1.64. The molecule has 3 aromatic rings. The van der Waals surface area contributed by atoms with Crippen LogP contribution in [0.15, 0.2) is 41.5 Å². The van der Waals surface area contributed by atoms with Crippen LogP contribution in [-0.4, -0.2) is 44.2 Å². The molecule has 9 heteroatoms. The van der Waals surface area contributed by atoms with E-state index in [0.29, 0.717) is 13.2 Å². The normalized spacial score (nSPS) is 19.9. The van der Waals surface area contributed by atoms with Gasteiger partial charge in [0.2, 0.25) is 5.13 Å². The fraction of sp³-hybridized carbons (Fsp3) is 0.312. The molecule has 1 saturated heterocycles. The van der Waals surface area contributed by atoms with Crippen LogP contribution < -0.4 is 10.9 Å². The first-order valence-corrected chi connectivity index (χ1v) is 8.67. The molecule has 4 rings (SSSR count). The first-order chi connectivity index (χ1) is 12.2. The minimum absolute atomic E-state index is 0.0924. The number of pyridine rings is 1. The lowest BCUT2D eigenvalue weighted by Crippen LogP contribution is -2.37. The molecule has 2 atom stereocenters. The maximum Gasteiger partial charge on any atom is 0.267 e. The molecule has 1 N–H and O–H groups in total. The van der Waals surface area contributed by atoms with Crippen LogP contribution in [0.25, 0.3) is 11.3 Å². The van der Waals surface area contributed by atoms with Gasteiger partial charge in [0.05, 0.1) is 24.9 Å². The highest BCUT2D eigenvalue weighted by molar-refractivity contribution is 7.15. The summed E-state index contributed by atoms with van der Waals surface area (Å²) in [7, 11) is 0. The molecule has 0 saturated carbocycles. The number of hydrogen-bond donors (Lipinski definition) is 1. The zero-order chi connectivity index (χ0) is 17.2. The second-order valence-corrected chi connectivity index (χ2v) is 6.90. The van der Waals surface area contributed by atoms with Gasteiger partial charge in [0.15, 0.2) is 0 Å². The van der Waals surface area contributed by atoms with Crippen LogP contribution in [0.3, 0.4) is 0 Å². The summed E-state index contributed by atoms with van der Waals surface area (Å²) in [5.41, 5.74) is 1.47. The molecule has 0 bridgehead atoms. The van der Waals surface area contributed by atoms with Gasteiger partial charge in [-0.3, -0.25) is 9.78 Å². The standard InChI is InChI=1S/C16H16N6O2S/c1-10-19-20-16(25-10)18-13-8-24-9-14(13)22-15(23)3-2-12(21-22)11-4-6-17-7-5-11/h2-7,13-14H,8-9H2,1H3,(H,18,20). The van der Waals surface area contributed by atoms with Crippen LogP contribution in [0, 0.1) is 6.92 Å². The van der Waals surface area contributed by atoms with Crippen molar-refractivity contribution in [2.75, 3.05) is 18.5 Å². The lowest BCUT2D eigenvalue weighted by atomic mass is 10.1. The summed E-state index contributed by atoms with van der Waals surface area (Å²) in [5, 5.41) is 17.5. The van der Waals surface area contributed by atoms with Gasteiger partial charge in [0.25, 0.3) is 5.56 Å². The Morgan fingerprint density at radius 2 is 2.04 bits per heavy atom. The van der Waals surface area contributed by atoms with Gasteiger partial charge in [0.1, 0.15) is 11.0 Å². The molecule has 1 fully saturated rings. The van der Waals surface area contributed by atoms with Crippen LogP contribution in [-0.2, 0) is 4.74 Å². The van der Waals surface area contributed by atoms with E-state index in [-0.39, 0.29) is 17.6 Å². The SMILES string of the molecule is Cc1nnc(NC2COCC2n2nc(-c3ccncc3)ccc2=O)s1. The van der Waals surface area contributed by atoms with Gasteiger partial charge in [-0.1, -0.05) is 11.3 Å². The molecule has 1 aliphatic rings. The van der Waals surface area contributed by atoms with Crippen molar-refractivity contribution in [3.63, 3.8) is 0 Å². The van der Waals surface area contributed by atoms with Crippen molar-refractivity contribution in [1.29, 1.82) is 0 Å². The quantitative estimate of drug-likeness (QED) is 0.757. The number of aromatic nitrogens is 5. The second kappa shape index (κ2) is 6.69. The smallest absolute Gasteiger partial charge is 0.267 e. The maximum absolute atomic E-state index is 12.4. The van der Waals surface area contributed by atoms with E-state index in [1.54, 1.807) is 18.5 Å². The van der Waals surface area contributed by atoms with Crippen LogP contribution in [0.5, 0.6) is 0 Å². The Labute approximate surface area is 147 Å². The summed E-state index contributed by atoms with van der Waals surface area (Å²) < 4.78 is 7.08. The average molecular weight is 356 g/mol. The van der Waals surface area contributed by atoms with E-state index >= 15 is 0 Å². The van der Waals surface area contributed by atoms with Crippen molar-refractivity contribution in [3.8, 4) is 11.3 Å². The number of rotatable bonds is 4. The molecule has 0 aliphatic carbocycles. The third-order valence-electron chi connectivity index (χ3n) is 4.00. The zero-order valence-electron chi connectivity index (χ0n) is 13.5. The molecule has 8 nitrogen and oxygen atoms in total. The van der Waals surface area contributed by atoms with Crippen molar-refractivity contribution in [2.45, 2.75) is 19.0 Å². The van der Waals surface area contributed by atoms with Gasteiger partial charge in [-0.05, 0) is 25.1 Å². The fourth-order valence-electron chi connectivity index (χ4n) is 2.77. The number of nitrogens with one attached hydrogen (secondary N) is 1. The Morgan fingerprint density at radius 3 is 2.80 bits per heavy atom. The topological polar surface area (TPSA) is 94.8 Å². The van der Waals surface area contributed by atoms with Crippen LogP contribution in [0.1, 0.15) is 11.0 Å². The maximum atomic E-state index is 12.4.